The Morgan fingerprint density at radius 3 is 1.02 bits per heavy atom. The fraction of sp³-hybridized carbons (Fsp3) is 0.844. The van der Waals surface area contributed by atoms with Crippen LogP contribution < -0.4 is 63.8 Å². The molecule has 0 aromatic heterocycles. The van der Waals surface area contributed by atoms with Crippen LogP contribution in [-0.4, -0.2) is 192 Å². The van der Waals surface area contributed by atoms with Gasteiger partial charge in [0.2, 0.25) is 5.91 Å². The molecular formula is C45H92N14O. The maximum Gasteiger partial charge on any atom is 0.221 e. The Balaban J connectivity index is 0.000000301. The van der Waals surface area contributed by atoms with Gasteiger partial charge in [0, 0.05) is 144 Å². The van der Waals surface area contributed by atoms with Crippen LogP contribution >= 0.6 is 0 Å². The van der Waals surface area contributed by atoms with Gasteiger partial charge in [-0.25, -0.2) is 0 Å². The van der Waals surface area contributed by atoms with E-state index < -0.39 is 0 Å². The molecule has 1 amide bonds. The molecule has 4 fully saturated rings. The summed E-state index contributed by atoms with van der Waals surface area (Å²) in [5.41, 5.74) is 2.83. The summed E-state index contributed by atoms with van der Waals surface area (Å²) in [6.45, 7) is 30.2. The zero-order valence-corrected chi connectivity index (χ0v) is 38.0. The second kappa shape index (κ2) is 40.0. The molecule has 0 aliphatic carbocycles. The molecule has 15 heteroatoms. The van der Waals surface area contributed by atoms with Gasteiger partial charge in [0.05, 0.1) is 0 Å². The second-order valence-corrected chi connectivity index (χ2v) is 16.5. The first-order valence-electron chi connectivity index (χ1n) is 24.4. The average Bonchev–Trinajstić information content (AvgIpc) is 3.31. The number of benzene rings is 1. The predicted octanol–water partition coefficient (Wildman–Crippen LogP) is -0.570. The van der Waals surface area contributed by atoms with Crippen molar-refractivity contribution < 1.29 is 4.79 Å². The van der Waals surface area contributed by atoms with Crippen molar-refractivity contribution in [2.45, 2.75) is 70.9 Å². The zero-order valence-electron chi connectivity index (χ0n) is 38.0. The first-order chi connectivity index (χ1) is 29.8. The molecular weight excluding hydrogens is 753 g/mol. The monoisotopic (exact) mass is 845 g/mol. The largest absolute Gasteiger partial charge is 0.355 e. The number of hydrogen-bond acceptors (Lipinski definition) is 14. The molecule has 0 unspecified atom stereocenters. The van der Waals surface area contributed by atoms with Crippen LogP contribution in [0.1, 0.15) is 68.9 Å². The van der Waals surface area contributed by atoms with Gasteiger partial charge in [-0.05, 0) is 95.6 Å². The smallest absolute Gasteiger partial charge is 0.221 e. The molecule has 4 aliphatic heterocycles. The van der Waals surface area contributed by atoms with Crippen LogP contribution in [0.2, 0.25) is 0 Å². The van der Waals surface area contributed by atoms with E-state index in [0.717, 1.165) is 164 Å². The van der Waals surface area contributed by atoms with E-state index in [0.29, 0.717) is 6.42 Å². The SMILES string of the molecule is C1CCCNCCCNCCC1.O=C1CCNCCNCCNCCN1.c1cc(CN2CCNCCCNCCNCC2)ccc1CN1CCNCCCNCCNCC1. The third kappa shape index (κ3) is 31.9. The van der Waals surface area contributed by atoms with E-state index in [1.54, 1.807) is 0 Å². The lowest BCUT2D eigenvalue weighted by Gasteiger charge is -2.24. The quantitative estimate of drug-likeness (QED) is 0.187. The normalized spacial score (nSPS) is 23.0. The van der Waals surface area contributed by atoms with Crippen LogP contribution in [0.5, 0.6) is 0 Å². The van der Waals surface area contributed by atoms with E-state index in [4.69, 9.17) is 0 Å². The van der Waals surface area contributed by atoms with Crippen LogP contribution in [-0.2, 0) is 17.9 Å². The number of rotatable bonds is 4. The minimum Gasteiger partial charge on any atom is -0.355 e. The van der Waals surface area contributed by atoms with Crippen LogP contribution in [0.15, 0.2) is 24.3 Å². The lowest BCUT2D eigenvalue weighted by atomic mass is 10.1. The molecule has 1 aromatic carbocycles. The number of carbonyl (C=O) groups excluding carboxylic acids is 1. The summed E-state index contributed by atoms with van der Waals surface area (Å²) >= 11 is 0. The maximum absolute atomic E-state index is 11.2. The highest BCUT2D eigenvalue weighted by Gasteiger charge is 2.10. The zero-order chi connectivity index (χ0) is 42.1. The molecule has 348 valence electrons. The molecule has 15 nitrogen and oxygen atoms in total. The van der Waals surface area contributed by atoms with Crippen molar-refractivity contribution in [3.63, 3.8) is 0 Å². The first-order valence-corrected chi connectivity index (χ1v) is 24.4. The van der Waals surface area contributed by atoms with E-state index in [2.05, 4.69) is 97.9 Å². The van der Waals surface area contributed by atoms with E-state index >= 15 is 0 Å². The molecule has 0 bridgehead atoms. The molecule has 12 N–H and O–H groups in total. The van der Waals surface area contributed by atoms with Crippen molar-refractivity contribution in [1.29, 1.82) is 0 Å². The minimum absolute atomic E-state index is 0.131. The molecule has 4 heterocycles. The summed E-state index contributed by atoms with van der Waals surface area (Å²) < 4.78 is 0. The Hall–Kier alpha value is -1.83. The van der Waals surface area contributed by atoms with Crippen LogP contribution in [0, 0.1) is 0 Å². The number of amides is 1. The summed E-state index contributed by atoms with van der Waals surface area (Å²) in [6.07, 6.45) is 11.2. The summed E-state index contributed by atoms with van der Waals surface area (Å²) in [5, 5.41) is 40.9. The van der Waals surface area contributed by atoms with Crippen molar-refractivity contribution in [1.82, 2.24) is 73.6 Å². The second-order valence-electron chi connectivity index (χ2n) is 16.5. The molecule has 4 saturated heterocycles. The molecule has 1 aromatic rings. The number of nitrogens with zero attached hydrogens (tertiary/aromatic N) is 2. The minimum atomic E-state index is 0.131. The predicted molar refractivity (Wildman–Crippen MR) is 253 cm³/mol. The lowest BCUT2D eigenvalue weighted by Crippen LogP contribution is -2.37. The number of nitrogens with one attached hydrogen (secondary N) is 12. The fourth-order valence-corrected chi connectivity index (χ4v) is 7.46. The van der Waals surface area contributed by atoms with Gasteiger partial charge >= 0.3 is 0 Å². The Morgan fingerprint density at radius 2 is 0.600 bits per heavy atom. The van der Waals surface area contributed by atoms with E-state index in [1.165, 1.54) is 88.7 Å². The Kier molecular flexibility index (Phi) is 35.0. The highest BCUT2D eigenvalue weighted by atomic mass is 16.1. The van der Waals surface area contributed by atoms with E-state index in [9.17, 15) is 4.79 Å². The third-order valence-electron chi connectivity index (χ3n) is 11.1. The Bertz CT molecular complexity index is 947. The van der Waals surface area contributed by atoms with Gasteiger partial charge in [-0.1, -0.05) is 43.5 Å². The van der Waals surface area contributed by atoms with Gasteiger partial charge in [0.1, 0.15) is 0 Å². The highest BCUT2D eigenvalue weighted by molar-refractivity contribution is 5.76. The van der Waals surface area contributed by atoms with Crippen molar-refractivity contribution >= 4 is 5.91 Å². The molecule has 60 heavy (non-hydrogen) atoms. The lowest BCUT2D eigenvalue weighted by molar-refractivity contribution is -0.120. The van der Waals surface area contributed by atoms with E-state index in [1.807, 2.05) is 0 Å². The highest BCUT2D eigenvalue weighted by Crippen LogP contribution is 2.10. The number of hydrogen-bond donors (Lipinski definition) is 12. The van der Waals surface area contributed by atoms with Gasteiger partial charge in [-0.3, -0.25) is 14.6 Å². The van der Waals surface area contributed by atoms with Crippen molar-refractivity contribution in [2.75, 3.05) is 177 Å². The van der Waals surface area contributed by atoms with Gasteiger partial charge in [-0.15, -0.1) is 0 Å². The van der Waals surface area contributed by atoms with Gasteiger partial charge in [0.25, 0.3) is 0 Å². The summed E-state index contributed by atoms with van der Waals surface area (Å²) in [4.78, 5) is 16.3. The molecule has 5 rings (SSSR count). The molecule has 0 radical (unpaired) electrons. The third-order valence-corrected chi connectivity index (χ3v) is 11.1. The number of carbonyl (C=O) groups is 1. The summed E-state index contributed by atoms with van der Waals surface area (Å²) in [6, 6.07) is 9.35. The standard InChI is InChI=1S/C26H50N8.C10H22N2.C9H20N4O/c1-7-27-11-13-31-17-21-33(19-15-29-9-1)23-25-3-5-26(6-4-25)24-34-20-16-30-10-2-8-28-12-14-32-18-22-34;1-2-4-7-11-9-6-10-12-8-5-3-1;14-9-1-2-10-3-4-11-5-6-12-7-8-13-9/h3-6,27-32H,1-2,7-24H2;11-12H,1-10H2;10-12H,1-8H2,(H,13,14). The van der Waals surface area contributed by atoms with Crippen LogP contribution in [0.3, 0.4) is 0 Å². The van der Waals surface area contributed by atoms with Crippen molar-refractivity contribution in [3.8, 4) is 0 Å². The van der Waals surface area contributed by atoms with Gasteiger partial charge in [-0.2, -0.15) is 0 Å². The summed E-state index contributed by atoms with van der Waals surface area (Å²) in [5.74, 6) is 0.131. The van der Waals surface area contributed by atoms with Crippen molar-refractivity contribution in [3.05, 3.63) is 35.4 Å². The van der Waals surface area contributed by atoms with Crippen LogP contribution in [0.4, 0.5) is 0 Å². The topological polar surface area (TPSA) is 168 Å². The molecule has 0 atom stereocenters. The van der Waals surface area contributed by atoms with E-state index in [-0.39, 0.29) is 5.91 Å². The van der Waals surface area contributed by atoms with Crippen molar-refractivity contribution in [2.24, 2.45) is 0 Å². The summed E-state index contributed by atoms with van der Waals surface area (Å²) in [7, 11) is 0. The first kappa shape index (κ1) is 52.5. The van der Waals surface area contributed by atoms with Gasteiger partial charge in [0.15, 0.2) is 0 Å². The van der Waals surface area contributed by atoms with Gasteiger partial charge < -0.3 is 63.8 Å². The molecule has 0 saturated carbocycles. The van der Waals surface area contributed by atoms with Crippen LogP contribution in [0.25, 0.3) is 0 Å². The maximum atomic E-state index is 11.2. The molecule has 4 aliphatic rings. The average molecular weight is 845 g/mol. The Morgan fingerprint density at radius 1 is 0.317 bits per heavy atom. The Labute approximate surface area is 366 Å². The fourth-order valence-electron chi connectivity index (χ4n) is 7.46. The molecule has 0 spiro atoms.